The fourth-order valence-corrected chi connectivity index (χ4v) is 1.01. The van der Waals surface area contributed by atoms with Crippen LogP contribution in [0, 0.1) is 5.92 Å². The fraction of sp³-hybridized carbons (Fsp3) is 0.667. The number of nitrogens with zero attached hydrogens (tertiary/aromatic N) is 1. The molecule has 13 heavy (non-hydrogen) atoms. The molecule has 0 aliphatic heterocycles. The van der Waals surface area contributed by atoms with Gasteiger partial charge in [-0.05, 0) is 5.92 Å². The van der Waals surface area contributed by atoms with Crippen LogP contribution in [-0.2, 0) is 11.3 Å². The van der Waals surface area contributed by atoms with Gasteiger partial charge in [0.25, 0.3) is 0 Å². The molecule has 1 aromatic rings. The highest BCUT2D eigenvalue weighted by molar-refractivity contribution is 4.75. The minimum absolute atomic E-state index is 0.0758. The van der Waals surface area contributed by atoms with Gasteiger partial charge in [-0.2, -0.15) is 0 Å². The molecule has 0 saturated carbocycles. The van der Waals surface area contributed by atoms with E-state index in [2.05, 4.69) is 18.8 Å². The molecule has 0 spiro atoms. The van der Waals surface area contributed by atoms with Gasteiger partial charge in [-0.15, -0.1) is 0 Å². The number of aromatic nitrogens is 2. The maximum Gasteiger partial charge on any atom is 0.325 e. The average Bonchev–Trinajstić information content (AvgIpc) is 2.45. The Hall–Kier alpha value is -1.03. The summed E-state index contributed by atoms with van der Waals surface area (Å²) in [5, 5.41) is 0. The summed E-state index contributed by atoms with van der Waals surface area (Å²) in [4.78, 5) is 13.6. The van der Waals surface area contributed by atoms with Gasteiger partial charge in [0.2, 0.25) is 0 Å². The molecule has 0 aliphatic rings. The molecule has 0 radical (unpaired) electrons. The zero-order valence-corrected chi connectivity index (χ0v) is 8.12. The number of rotatable bonds is 5. The van der Waals surface area contributed by atoms with Crippen LogP contribution < -0.4 is 5.69 Å². The maximum atomic E-state index is 11.0. The van der Waals surface area contributed by atoms with Gasteiger partial charge >= 0.3 is 5.69 Å². The molecule has 0 atom stereocenters. The highest BCUT2D eigenvalue weighted by Gasteiger charge is 1.96. The van der Waals surface area contributed by atoms with E-state index >= 15 is 0 Å². The normalized spacial score (nSPS) is 11.0. The number of nitrogens with one attached hydrogen (secondary N) is 1. The predicted octanol–water partition coefficient (Wildman–Crippen LogP) is 0.849. The molecule has 1 heterocycles. The molecular formula is C9H16N2O2. The summed E-state index contributed by atoms with van der Waals surface area (Å²) < 4.78 is 6.95. The van der Waals surface area contributed by atoms with Crippen LogP contribution in [0.4, 0.5) is 0 Å². The Labute approximate surface area is 77.5 Å². The predicted molar refractivity (Wildman–Crippen MR) is 50.7 cm³/mol. The summed E-state index contributed by atoms with van der Waals surface area (Å²) in [5.41, 5.74) is -0.0758. The van der Waals surface area contributed by atoms with Crippen molar-refractivity contribution in [3.05, 3.63) is 22.9 Å². The van der Waals surface area contributed by atoms with Crippen molar-refractivity contribution in [2.24, 2.45) is 5.92 Å². The van der Waals surface area contributed by atoms with E-state index in [9.17, 15) is 4.79 Å². The van der Waals surface area contributed by atoms with Gasteiger partial charge in [-0.3, -0.25) is 4.57 Å². The highest BCUT2D eigenvalue weighted by atomic mass is 16.5. The molecule has 0 amide bonds. The van der Waals surface area contributed by atoms with Gasteiger partial charge in [0.1, 0.15) is 0 Å². The van der Waals surface area contributed by atoms with Crippen LogP contribution in [0.3, 0.4) is 0 Å². The number of aromatic amines is 1. The summed E-state index contributed by atoms with van der Waals surface area (Å²) >= 11 is 0. The van der Waals surface area contributed by atoms with Crippen LogP contribution >= 0.6 is 0 Å². The number of H-pyrrole nitrogens is 1. The first kappa shape index (κ1) is 10.1. The van der Waals surface area contributed by atoms with E-state index in [0.29, 0.717) is 19.1 Å². The molecule has 0 saturated heterocycles. The van der Waals surface area contributed by atoms with Crippen molar-refractivity contribution in [1.29, 1.82) is 0 Å². The van der Waals surface area contributed by atoms with Crippen molar-refractivity contribution in [2.75, 3.05) is 13.2 Å². The minimum atomic E-state index is -0.0758. The van der Waals surface area contributed by atoms with E-state index in [0.717, 1.165) is 6.61 Å². The first-order valence-corrected chi connectivity index (χ1v) is 4.51. The van der Waals surface area contributed by atoms with Crippen LogP contribution in [0.2, 0.25) is 0 Å². The Morgan fingerprint density at radius 3 is 2.92 bits per heavy atom. The minimum Gasteiger partial charge on any atom is -0.379 e. The van der Waals surface area contributed by atoms with Crippen molar-refractivity contribution in [3.63, 3.8) is 0 Å². The molecule has 74 valence electrons. The lowest BCUT2D eigenvalue weighted by atomic mass is 10.2. The summed E-state index contributed by atoms with van der Waals surface area (Å²) in [7, 11) is 0. The Bertz CT molecular complexity index is 288. The van der Waals surface area contributed by atoms with Crippen molar-refractivity contribution in [1.82, 2.24) is 9.55 Å². The lowest BCUT2D eigenvalue weighted by Crippen LogP contribution is -2.19. The molecule has 0 aromatic carbocycles. The highest BCUT2D eigenvalue weighted by Crippen LogP contribution is 1.92. The molecule has 4 nitrogen and oxygen atoms in total. The van der Waals surface area contributed by atoms with Crippen molar-refractivity contribution in [3.8, 4) is 0 Å². The maximum absolute atomic E-state index is 11.0. The Morgan fingerprint density at radius 2 is 2.38 bits per heavy atom. The SMILES string of the molecule is CC(C)COCCn1cc[nH]c1=O. The quantitative estimate of drug-likeness (QED) is 0.689. The average molecular weight is 184 g/mol. The number of imidazole rings is 1. The molecule has 4 heteroatoms. The van der Waals surface area contributed by atoms with E-state index in [1.54, 1.807) is 17.0 Å². The van der Waals surface area contributed by atoms with Crippen LogP contribution in [0.1, 0.15) is 13.8 Å². The Morgan fingerprint density at radius 1 is 1.62 bits per heavy atom. The molecular weight excluding hydrogens is 168 g/mol. The standard InChI is InChI=1S/C9H16N2O2/c1-8(2)7-13-6-5-11-4-3-10-9(11)12/h3-4,8H,5-7H2,1-2H3,(H,10,12). The second-order valence-corrected chi connectivity index (χ2v) is 3.43. The summed E-state index contributed by atoms with van der Waals surface area (Å²) in [6.45, 7) is 6.16. The van der Waals surface area contributed by atoms with Gasteiger partial charge in [0.05, 0.1) is 13.2 Å². The molecule has 0 fully saturated rings. The smallest absolute Gasteiger partial charge is 0.325 e. The van der Waals surface area contributed by atoms with Crippen LogP contribution in [-0.4, -0.2) is 22.8 Å². The third-order valence-corrected chi connectivity index (χ3v) is 1.65. The molecule has 1 aromatic heterocycles. The van der Waals surface area contributed by atoms with Gasteiger partial charge in [0, 0.05) is 19.0 Å². The van der Waals surface area contributed by atoms with Crippen molar-refractivity contribution < 1.29 is 4.74 Å². The zero-order valence-electron chi connectivity index (χ0n) is 8.12. The lowest BCUT2D eigenvalue weighted by Gasteiger charge is -2.06. The molecule has 1 rings (SSSR count). The largest absolute Gasteiger partial charge is 0.379 e. The van der Waals surface area contributed by atoms with Crippen molar-refractivity contribution in [2.45, 2.75) is 20.4 Å². The second kappa shape index (κ2) is 4.87. The lowest BCUT2D eigenvalue weighted by molar-refractivity contribution is 0.102. The summed E-state index contributed by atoms with van der Waals surface area (Å²) in [6.07, 6.45) is 3.35. The first-order valence-electron chi connectivity index (χ1n) is 4.51. The zero-order chi connectivity index (χ0) is 9.68. The van der Waals surface area contributed by atoms with E-state index < -0.39 is 0 Å². The Kier molecular flexibility index (Phi) is 3.76. The monoisotopic (exact) mass is 184 g/mol. The molecule has 0 bridgehead atoms. The van der Waals surface area contributed by atoms with Crippen LogP contribution in [0.5, 0.6) is 0 Å². The van der Waals surface area contributed by atoms with E-state index in [4.69, 9.17) is 4.74 Å². The summed E-state index contributed by atoms with van der Waals surface area (Å²) in [6, 6.07) is 0. The molecule has 0 aliphatic carbocycles. The van der Waals surface area contributed by atoms with E-state index in [1.807, 2.05) is 0 Å². The fourth-order valence-electron chi connectivity index (χ4n) is 1.01. The van der Waals surface area contributed by atoms with Crippen LogP contribution in [0.15, 0.2) is 17.2 Å². The van der Waals surface area contributed by atoms with Gasteiger partial charge < -0.3 is 9.72 Å². The van der Waals surface area contributed by atoms with Gasteiger partial charge in [0.15, 0.2) is 0 Å². The second-order valence-electron chi connectivity index (χ2n) is 3.43. The third-order valence-electron chi connectivity index (χ3n) is 1.65. The van der Waals surface area contributed by atoms with E-state index in [1.165, 1.54) is 0 Å². The van der Waals surface area contributed by atoms with Gasteiger partial charge in [-0.1, -0.05) is 13.8 Å². The number of hydrogen-bond acceptors (Lipinski definition) is 2. The topological polar surface area (TPSA) is 47.0 Å². The van der Waals surface area contributed by atoms with E-state index in [-0.39, 0.29) is 5.69 Å². The first-order chi connectivity index (χ1) is 6.20. The Balaban J connectivity index is 2.21. The molecule has 0 unspecified atom stereocenters. The number of ether oxygens (including phenoxy) is 1. The van der Waals surface area contributed by atoms with Crippen molar-refractivity contribution >= 4 is 0 Å². The third kappa shape index (κ3) is 3.46. The van der Waals surface area contributed by atoms with Crippen LogP contribution in [0.25, 0.3) is 0 Å². The molecule has 1 N–H and O–H groups in total. The summed E-state index contributed by atoms with van der Waals surface area (Å²) in [5.74, 6) is 0.544. The van der Waals surface area contributed by atoms with Gasteiger partial charge in [-0.25, -0.2) is 4.79 Å². The number of hydrogen-bond donors (Lipinski definition) is 1.